The second-order valence-corrected chi connectivity index (χ2v) is 4.88. The van der Waals surface area contributed by atoms with Crippen molar-refractivity contribution in [1.29, 1.82) is 0 Å². The number of hydrogen-bond donors (Lipinski definition) is 1. The molecule has 1 radical (unpaired) electrons. The first-order valence-electron chi connectivity index (χ1n) is 6.40. The van der Waals surface area contributed by atoms with Gasteiger partial charge in [0.05, 0.1) is 0 Å². The molecule has 0 bridgehead atoms. The summed E-state index contributed by atoms with van der Waals surface area (Å²) < 4.78 is 0. The zero-order valence-corrected chi connectivity index (χ0v) is 10.8. The summed E-state index contributed by atoms with van der Waals surface area (Å²) in [5.41, 5.74) is 8.26. The number of anilines is 1. The van der Waals surface area contributed by atoms with Crippen molar-refractivity contribution in [3.05, 3.63) is 29.8 Å². The highest BCUT2D eigenvalue weighted by atomic mass is 15.3. The smallest absolute Gasteiger partial charge is 0.0413 e. The molecule has 2 rings (SSSR count). The van der Waals surface area contributed by atoms with E-state index in [1.807, 2.05) is 12.1 Å². The van der Waals surface area contributed by atoms with Crippen LogP contribution >= 0.6 is 0 Å². The highest BCUT2D eigenvalue weighted by Crippen LogP contribution is 2.21. The minimum atomic E-state index is 0.594. The van der Waals surface area contributed by atoms with Crippen LogP contribution in [0.4, 0.5) is 5.69 Å². The van der Waals surface area contributed by atoms with Gasteiger partial charge >= 0.3 is 0 Å². The zero-order chi connectivity index (χ0) is 12.3. The second-order valence-electron chi connectivity index (χ2n) is 4.88. The summed E-state index contributed by atoms with van der Waals surface area (Å²) in [6, 6.07) is 9.86. The molecule has 2 N–H and O–H groups in total. The molecule has 17 heavy (non-hydrogen) atoms. The molecule has 0 atom stereocenters. The molecule has 0 saturated carbocycles. The van der Waals surface area contributed by atoms with Crippen molar-refractivity contribution in [3.63, 3.8) is 0 Å². The van der Waals surface area contributed by atoms with Crippen molar-refractivity contribution >= 4 is 5.69 Å². The molecule has 0 spiro atoms. The first-order valence-corrected chi connectivity index (χ1v) is 6.40. The molecule has 0 amide bonds. The summed E-state index contributed by atoms with van der Waals surface area (Å²) >= 11 is 0. The molecule has 0 aromatic heterocycles. The predicted molar refractivity (Wildman–Crippen MR) is 72.1 cm³/mol. The fraction of sp³-hybridized carbons (Fsp3) is 0.571. The first kappa shape index (κ1) is 12.4. The Labute approximate surface area is 104 Å². The van der Waals surface area contributed by atoms with Gasteiger partial charge in [0.25, 0.3) is 0 Å². The Hall–Kier alpha value is -1.06. The van der Waals surface area contributed by atoms with Gasteiger partial charge in [0.15, 0.2) is 0 Å². The van der Waals surface area contributed by atoms with Gasteiger partial charge in [-0.2, -0.15) is 0 Å². The lowest BCUT2D eigenvalue weighted by atomic mass is 10.1. The predicted octanol–water partition coefficient (Wildman–Crippen LogP) is 1.48. The molecule has 1 aliphatic rings. The maximum Gasteiger partial charge on any atom is 0.0413 e. The Balaban J connectivity index is 2.05. The zero-order valence-electron chi connectivity index (χ0n) is 10.8. The largest absolute Gasteiger partial charge is 0.369 e. The minimum Gasteiger partial charge on any atom is -0.369 e. The van der Waals surface area contributed by atoms with Gasteiger partial charge in [-0.1, -0.05) is 6.07 Å². The van der Waals surface area contributed by atoms with Crippen molar-refractivity contribution in [2.24, 2.45) is 5.73 Å². The van der Waals surface area contributed by atoms with Crippen molar-refractivity contribution in [3.8, 4) is 0 Å². The lowest BCUT2D eigenvalue weighted by molar-refractivity contribution is 0.209. The van der Waals surface area contributed by atoms with Crippen LogP contribution in [0.2, 0.25) is 0 Å². The Kier molecular flexibility index (Phi) is 4.02. The molecule has 1 fully saturated rings. The Morgan fingerprint density at radius 3 is 2.59 bits per heavy atom. The van der Waals surface area contributed by atoms with Crippen molar-refractivity contribution in [2.45, 2.75) is 26.4 Å². The van der Waals surface area contributed by atoms with E-state index < -0.39 is 0 Å². The molecule has 3 heteroatoms. The summed E-state index contributed by atoms with van der Waals surface area (Å²) in [7, 11) is 0. The third-order valence-corrected chi connectivity index (χ3v) is 3.53. The number of nitrogens with two attached hydrogens (primary N) is 1. The molecule has 93 valence electrons. The molecule has 0 unspecified atom stereocenters. The van der Waals surface area contributed by atoms with Crippen LogP contribution < -0.4 is 10.6 Å². The average Bonchev–Trinajstić information content (AvgIpc) is 2.39. The molecule has 1 saturated heterocycles. The van der Waals surface area contributed by atoms with Gasteiger partial charge in [-0.05, 0) is 37.6 Å². The van der Waals surface area contributed by atoms with Gasteiger partial charge in [0.2, 0.25) is 0 Å². The lowest BCUT2D eigenvalue weighted by Crippen LogP contribution is -2.49. The van der Waals surface area contributed by atoms with Crippen LogP contribution in [-0.4, -0.2) is 37.1 Å². The summed E-state index contributed by atoms with van der Waals surface area (Å²) in [5, 5.41) is 0. The van der Waals surface area contributed by atoms with E-state index in [2.05, 4.69) is 35.8 Å². The van der Waals surface area contributed by atoms with E-state index in [1.54, 1.807) is 0 Å². The van der Waals surface area contributed by atoms with Gasteiger partial charge in [-0.3, -0.25) is 4.90 Å². The van der Waals surface area contributed by atoms with Crippen molar-refractivity contribution < 1.29 is 0 Å². The van der Waals surface area contributed by atoms with E-state index in [9.17, 15) is 0 Å². The molecule has 3 nitrogen and oxygen atoms in total. The molecule has 1 aliphatic heterocycles. The van der Waals surface area contributed by atoms with Crippen LogP contribution in [0.5, 0.6) is 0 Å². The molecule has 0 aliphatic carbocycles. The van der Waals surface area contributed by atoms with E-state index >= 15 is 0 Å². The lowest BCUT2D eigenvalue weighted by Gasteiger charge is -2.38. The summed E-state index contributed by atoms with van der Waals surface area (Å²) in [5.74, 6) is 0. The van der Waals surface area contributed by atoms with Crippen LogP contribution in [0.15, 0.2) is 18.2 Å². The van der Waals surface area contributed by atoms with Gasteiger partial charge in [0, 0.05) is 44.5 Å². The van der Waals surface area contributed by atoms with E-state index in [0.717, 1.165) is 26.2 Å². The summed E-state index contributed by atoms with van der Waals surface area (Å²) in [6.07, 6.45) is 0. The second kappa shape index (κ2) is 5.52. The summed E-state index contributed by atoms with van der Waals surface area (Å²) in [6.45, 7) is 9.58. The van der Waals surface area contributed by atoms with E-state index in [0.29, 0.717) is 12.6 Å². The van der Waals surface area contributed by atoms with Gasteiger partial charge in [0.1, 0.15) is 0 Å². The Bertz CT molecular complexity index is 354. The van der Waals surface area contributed by atoms with Crippen LogP contribution in [0.1, 0.15) is 19.4 Å². The quantitative estimate of drug-likeness (QED) is 0.856. The summed E-state index contributed by atoms with van der Waals surface area (Å²) in [4.78, 5) is 4.96. The van der Waals surface area contributed by atoms with Gasteiger partial charge in [-0.25, -0.2) is 0 Å². The van der Waals surface area contributed by atoms with Crippen molar-refractivity contribution in [1.82, 2.24) is 4.90 Å². The first-order chi connectivity index (χ1) is 8.22. The monoisotopic (exact) mass is 232 g/mol. The maximum atomic E-state index is 5.78. The highest BCUT2D eigenvalue weighted by molar-refractivity contribution is 5.53. The van der Waals surface area contributed by atoms with E-state index in [4.69, 9.17) is 5.73 Å². The Morgan fingerprint density at radius 2 is 2.00 bits per heavy atom. The molecular formula is C14H22N3. The number of rotatable bonds is 3. The standard InChI is InChI=1S/C14H22N3/c1-12(2)16-7-9-17(10-8-16)14-6-4-3-5-13(14)11-15/h4-6,12H,7-11,15H2,1-2H3. The maximum absolute atomic E-state index is 5.78. The molecule has 1 aromatic carbocycles. The highest BCUT2D eigenvalue weighted by Gasteiger charge is 2.19. The van der Waals surface area contributed by atoms with Crippen LogP contribution in [0.25, 0.3) is 0 Å². The minimum absolute atomic E-state index is 0.594. The third-order valence-electron chi connectivity index (χ3n) is 3.53. The number of benzene rings is 1. The Morgan fingerprint density at radius 1 is 1.29 bits per heavy atom. The molecule has 1 heterocycles. The van der Waals surface area contributed by atoms with Crippen LogP contribution in [0.3, 0.4) is 0 Å². The van der Waals surface area contributed by atoms with Crippen molar-refractivity contribution in [2.75, 3.05) is 31.1 Å². The SMILES string of the molecule is CC(C)N1CCN(c2cc[c]cc2CN)CC1. The average molecular weight is 232 g/mol. The topological polar surface area (TPSA) is 32.5 Å². The van der Waals surface area contributed by atoms with E-state index in [-0.39, 0.29) is 0 Å². The fourth-order valence-corrected chi connectivity index (χ4v) is 2.41. The van der Waals surface area contributed by atoms with E-state index in [1.165, 1.54) is 11.3 Å². The number of hydrogen-bond acceptors (Lipinski definition) is 3. The molecular weight excluding hydrogens is 210 g/mol. The van der Waals surface area contributed by atoms with Crippen LogP contribution in [0, 0.1) is 6.07 Å². The number of piperazine rings is 1. The third kappa shape index (κ3) is 2.79. The fourth-order valence-electron chi connectivity index (χ4n) is 2.41. The normalized spacial score (nSPS) is 17.8. The van der Waals surface area contributed by atoms with Gasteiger partial charge < -0.3 is 10.6 Å². The molecule has 1 aromatic rings. The van der Waals surface area contributed by atoms with Crippen LogP contribution in [-0.2, 0) is 6.54 Å². The van der Waals surface area contributed by atoms with Gasteiger partial charge in [-0.15, -0.1) is 0 Å². The number of nitrogens with zero attached hydrogens (tertiary/aromatic N) is 2.